The van der Waals surface area contributed by atoms with E-state index in [-0.39, 0.29) is 28.3 Å². The first-order valence-corrected chi connectivity index (χ1v) is 11.6. The molecule has 10 heteroatoms. The van der Waals surface area contributed by atoms with Crippen LogP contribution in [0.3, 0.4) is 0 Å². The zero-order chi connectivity index (χ0) is 25.9. The van der Waals surface area contributed by atoms with Gasteiger partial charge in [-0.15, -0.1) is 0 Å². The predicted molar refractivity (Wildman–Crippen MR) is 137 cm³/mol. The van der Waals surface area contributed by atoms with Crippen molar-refractivity contribution in [2.45, 2.75) is 59.2 Å². The van der Waals surface area contributed by atoms with Gasteiger partial charge < -0.3 is 20.7 Å². The van der Waals surface area contributed by atoms with Crippen LogP contribution in [0.1, 0.15) is 53.4 Å². The van der Waals surface area contributed by atoms with Crippen LogP contribution in [-0.2, 0) is 4.74 Å². The number of aromatic nitrogens is 2. The summed E-state index contributed by atoms with van der Waals surface area (Å²) in [4.78, 5) is 42.9. The Balaban J connectivity index is 2.12. The summed E-state index contributed by atoms with van der Waals surface area (Å²) < 4.78 is 6.74. The predicted octanol–water partition coefficient (Wildman–Crippen LogP) is 5.15. The summed E-state index contributed by atoms with van der Waals surface area (Å²) in [7, 11) is 0. The fourth-order valence-electron chi connectivity index (χ4n) is 3.45. The Morgan fingerprint density at radius 3 is 2.40 bits per heavy atom. The van der Waals surface area contributed by atoms with Crippen LogP contribution in [0, 0.1) is 0 Å². The molecule has 2 aromatic carbocycles. The summed E-state index contributed by atoms with van der Waals surface area (Å²) in [6, 6.07) is 10.7. The van der Waals surface area contributed by atoms with Crippen molar-refractivity contribution >= 4 is 40.3 Å². The molecule has 0 unspecified atom stereocenters. The van der Waals surface area contributed by atoms with E-state index in [1.54, 1.807) is 70.2 Å². The lowest BCUT2D eigenvalue weighted by Gasteiger charge is -2.23. The Labute approximate surface area is 208 Å². The van der Waals surface area contributed by atoms with E-state index < -0.39 is 23.3 Å². The minimum atomic E-state index is -0.693. The topological polar surface area (TPSA) is 114 Å². The zero-order valence-electron chi connectivity index (χ0n) is 20.6. The number of benzene rings is 2. The van der Waals surface area contributed by atoms with Crippen LogP contribution >= 0.6 is 11.6 Å². The molecule has 3 rings (SSSR count). The second-order valence-electron chi connectivity index (χ2n) is 9.42. The third-order valence-corrected chi connectivity index (χ3v) is 5.09. The number of nitrogens with zero attached hydrogens (tertiary/aromatic N) is 2. The summed E-state index contributed by atoms with van der Waals surface area (Å²) in [5.41, 5.74) is 0.226. The summed E-state index contributed by atoms with van der Waals surface area (Å²) in [6.07, 6.45) is -0.641. The summed E-state index contributed by atoms with van der Waals surface area (Å²) in [5.74, 6) is 0.277. The average molecular weight is 500 g/mol. The molecule has 0 radical (unpaired) electrons. The first-order valence-electron chi connectivity index (χ1n) is 11.2. The van der Waals surface area contributed by atoms with Crippen LogP contribution < -0.4 is 21.5 Å². The van der Waals surface area contributed by atoms with Crippen molar-refractivity contribution in [2.75, 3.05) is 5.32 Å². The van der Waals surface area contributed by atoms with Crippen molar-refractivity contribution in [3.8, 4) is 5.69 Å². The Hall–Kier alpha value is -3.59. The molecule has 3 aromatic rings. The van der Waals surface area contributed by atoms with Gasteiger partial charge >= 0.3 is 12.1 Å². The Morgan fingerprint density at radius 2 is 1.74 bits per heavy atom. The molecule has 0 aliphatic rings. The van der Waals surface area contributed by atoms with Crippen LogP contribution in [0.4, 0.5) is 15.3 Å². The van der Waals surface area contributed by atoms with Gasteiger partial charge in [0.2, 0.25) is 0 Å². The Kier molecular flexibility index (Phi) is 7.70. The number of amides is 3. The fraction of sp³-hybridized carbons (Fsp3) is 0.360. The second kappa shape index (κ2) is 10.4. The molecule has 35 heavy (non-hydrogen) atoms. The van der Waals surface area contributed by atoms with Crippen LogP contribution in [-0.4, -0.2) is 33.3 Å². The molecule has 0 saturated carbocycles. The van der Waals surface area contributed by atoms with Gasteiger partial charge in [-0.25, -0.2) is 14.6 Å². The maximum atomic E-state index is 13.7. The number of fused-ring (bicyclic) bond motifs is 1. The number of ether oxygens (including phenoxy) is 1. The molecule has 0 bridgehead atoms. The van der Waals surface area contributed by atoms with E-state index in [2.05, 4.69) is 20.9 Å². The number of alkyl carbamates (subject to hydrolysis) is 1. The molecule has 3 amide bonds. The summed E-state index contributed by atoms with van der Waals surface area (Å²) in [5, 5.41) is 8.76. The number of hydrogen-bond acceptors (Lipinski definition) is 5. The first kappa shape index (κ1) is 26.0. The van der Waals surface area contributed by atoms with Gasteiger partial charge in [0.25, 0.3) is 5.56 Å². The minimum absolute atomic E-state index is 0.0426. The smallest absolute Gasteiger partial charge is 0.408 e. The number of carbonyl (C=O) groups excluding carboxylic acids is 2. The highest BCUT2D eigenvalue weighted by atomic mass is 35.5. The van der Waals surface area contributed by atoms with E-state index in [9.17, 15) is 14.4 Å². The average Bonchev–Trinajstić information content (AvgIpc) is 2.71. The highest BCUT2D eigenvalue weighted by molar-refractivity contribution is 6.35. The Bertz CT molecular complexity index is 1310. The van der Waals surface area contributed by atoms with Gasteiger partial charge in [0.15, 0.2) is 0 Å². The van der Waals surface area contributed by atoms with Crippen LogP contribution in [0.15, 0.2) is 47.3 Å². The molecule has 0 saturated heterocycles. The molecule has 3 N–H and O–H groups in total. The van der Waals surface area contributed by atoms with Gasteiger partial charge in [-0.1, -0.05) is 23.7 Å². The van der Waals surface area contributed by atoms with Crippen molar-refractivity contribution in [1.82, 2.24) is 20.2 Å². The van der Waals surface area contributed by atoms with Gasteiger partial charge in [-0.05, 0) is 71.9 Å². The van der Waals surface area contributed by atoms with Crippen molar-refractivity contribution in [3.63, 3.8) is 0 Å². The van der Waals surface area contributed by atoms with Crippen molar-refractivity contribution < 1.29 is 14.3 Å². The lowest BCUT2D eigenvalue weighted by molar-refractivity contribution is 0.0505. The second-order valence-corrected chi connectivity index (χ2v) is 9.82. The molecule has 9 nitrogen and oxygen atoms in total. The molecule has 0 spiro atoms. The van der Waals surface area contributed by atoms with Gasteiger partial charge in [0.1, 0.15) is 11.4 Å². The highest BCUT2D eigenvalue weighted by Crippen LogP contribution is 2.24. The number of rotatable bonds is 5. The molecular weight excluding hydrogens is 470 g/mol. The molecular formula is C25H30ClN5O4. The van der Waals surface area contributed by atoms with E-state index in [1.165, 1.54) is 4.57 Å². The summed E-state index contributed by atoms with van der Waals surface area (Å²) >= 11 is 6.35. The maximum Gasteiger partial charge on any atom is 0.408 e. The van der Waals surface area contributed by atoms with E-state index in [1.807, 2.05) is 13.8 Å². The molecule has 1 atom stereocenters. The SMILES string of the molecule is CC(C)NC(=O)Nc1cccc(-n2c([C@H](C)NC(=O)OC(C)(C)C)nc3cccc(Cl)c3c2=O)c1. The molecule has 0 fully saturated rings. The van der Waals surface area contributed by atoms with E-state index >= 15 is 0 Å². The maximum absolute atomic E-state index is 13.7. The largest absolute Gasteiger partial charge is 0.444 e. The number of hydrogen-bond donors (Lipinski definition) is 3. The monoisotopic (exact) mass is 499 g/mol. The quantitative estimate of drug-likeness (QED) is 0.449. The van der Waals surface area contributed by atoms with Crippen LogP contribution in [0.5, 0.6) is 0 Å². The standard InChI is InChI=1S/C25H30ClN5O4/c1-14(2)27-23(33)29-16-9-7-10-17(13-16)31-21(15(3)28-24(34)35-25(4,5)6)30-19-12-8-11-18(26)20(19)22(31)32/h7-15H,1-6H3,(H,28,34)(H2,27,29,33)/t15-/m0/s1. The molecule has 1 heterocycles. The number of nitrogens with one attached hydrogen (secondary N) is 3. The third-order valence-electron chi connectivity index (χ3n) is 4.78. The van der Waals surface area contributed by atoms with Gasteiger partial charge in [0.05, 0.1) is 27.7 Å². The summed E-state index contributed by atoms with van der Waals surface area (Å²) in [6.45, 7) is 10.7. The van der Waals surface area contributed by atoms with E-state index in [4.69, 9.17) is 16.3 Å². The Morgan fingerprint density at radius 1 is 1.06 bits per heavy atom. The fourth-order valence-corrected chi connectivity index (χ4v) is 3.70. The van der Waals surface area contributed by atoms with Gasteiger partial charge in [-0.2, -0.15) is 0 Å². The highest BCUT2D eigenvalue weighted by Gasteiger charge is 2.23. The van der Waals surface area contributed by atoms with Gasteiger partial charge in [0, 0.05) is 11.7 Å². The first-order chi connectivity index (χ1) is 16.4. The lowest BCUT2D eigenvalue weighted by Crippen LogP contribution is -2.37. The number of urea groups is 1. The molecule has 1 aromatic heterocycles. The van der Waals surface area contributed by atoms with Crippen LogP contribution in [0.2, 0.25) is 5.02 Å². The van der Waals surface area contributed by atoms with Gasteiger partial charge in [-0.3, -0.25) is 9.36 Å². The minimum Gasteiger partial charge on any atom is -0.444 e. The zero-order valence-corrected chi connectivity index (χ0v) is 21.4. The number of anilines is 1. The van der Waals surface area contributed by atoms with E-state index in [0.717, 1.165) is 0 Å². The lowest BCUT2D eigenvalue weighted by atomic mass is 10.2. The van der Waals surface area contributed by atoms with Crippen LogP contribution in [0.25, 0.3) is 16.6 Å². The van der Waals surface area contributed by atoms with Crippen molar-refractivity contribution in [3.05, 3.63) is 63.7 Å². The molecule has 0 aliphatic carbocycles. The number of halogens is 1. The van der Waals surface area contributed by atoms with Crippen molar-refractivity contribution in [1.29, 1.82) is 0 Å². The van der Waals surface area contributed by atoms with E-state index in [0.29, 0.717) is 16.9 Å². The third kappa shape index (κ3) is 6.51. The van der Waals surface area contributed by atoms with Crippen molar-refractivity contribution in [2.24, 2.45) is 0 Å². The normalized spacial score (nSPS) is 12.3. The number of carbonyl (C=O) groups is 2. The molecule has 186 valence electrons. The molecule has 0 aliphatic heterocycles.